The van der Waals surface area contributed by atoms with Gasteiger partial charge in [-0.3, -0.25) is 4.79 Å². The summed E-state index contributed by atoms with van der Waals surface area (Å²) in [6.07, 6.45) is 28.4. The number of allylic oxidation sites excluding steroid dienone is 10. The molecule has 0 aliphatic rings. The van der Waals surface area contributed by atoms with Crippen molar-refractivity contribution in [2.45, 2.75) is 58.3 Å². The van der Waals surface area contributed by atoms with E-state index in [2.05, 4.69) is 67.7 Å². The number of hydrogen-bond donors (Lipinski definition) is 1. The summed E-state index contributed by atoms with van der Waals surface area (Å²) in [7, 11) is 0. The number of carboxylic acids is 1. The molecule has 0 aromatic heterocycles. The van der Waals surface area contributed by atoms with Crippen LogP contribution in [-0.2, 0) is 4.79 Å². The minimum absolute atomic E-state index is 0.258. The van der Waals surface area contributed by atoms with Gasteiger partial charge in [0.25, 0.3) is 0 Å². The summed E-state index contributed by atoms with van der Waals surface area (Å²) >= 11 is 0. The maximum absolute atomic E-state index is 10.3. The van der Waals surface area contributed by atoms with Gasteiger partial charge in [0.2, 0.25) is 0 Å². The standard InChI is InChI=1S/C20H30O2/c1-2-3-4-5-6-7-8-9-10-11-12-13-14-15-16-17-18-19-20(21)22/h3-4,6-7,9-10,12-13,15-16H,2,5,8,11,14,17-19H2,1H3,(H,21,22)/b4-3+,7-6-,10-9+,13-12+,16-15+. The highest BCUT2D eigenvalue weighted by atomic mass is 16.4. The summed E-state index contributed by atoms with van der Waals surface area (Å²) in [5, 5.41) is 8.49. The highest BCUT2D eigenvalue weighted by molar-refractivity contribution is 5.66. The van der Waals surface area contributed by atoms with Crippen molar-refractivity contribution in [3.05, 3.63) is 60.8 Å². The van der Waals surface area contributed by atoms with E-state index in [-0.39, 0.29) is 6.42 Å². The largest absolute Gasteiger partial charge is 0.481 e. The molecule has 122 valence electrons. The van der Waals surface area contributed by atoms with Gasteiger partial charge in [0.15, 0.2) is 0 Å². The van der Waals surface area contributed by atoms with E-state index in [1.165, 1.54) is 0 Å². The molecule has 0 aromatic carbocycles. The molecule has 1 N–H and O–H groups in total. The molecule has 0 bridgehead atoms. The maximum Gasteiger partial charge on any atom is 0.303 e. The Labute approximate surface area is 135 Å². The molecule has 0 saturated carbocycles. The first kappa shape index (κ1) is 20.2. The zero-order chi connectivity index (χ0) is 16.3. The van der Waals surface area contributed by atoms with Gasteiger partial charge in [-0.25, -0.2) is 0 Å². The molecule has 0 spiro atoms. The number of unbranched alkanes of at least 4 members (excludes halogenated alkanes) is 1. The minimum Gasteiger partial charge on any atom is -0.481 e. The summed E-state index contributed by atoms with van der Waals surface area (Å²) in [5.74, 6) is -0.715. The summed E-state index contributed by atoms with van der Waals surface area (Å²) in [6, 6.07) is 0. The molecule has 0 aromatic rings. The fourth-order valence-electron chi connectivity index (χ4n) is 1.74. The van der Waals surface area contributed by atoms with Gasteiger partial charge in [-0.05, 0) is 44.9 Å². The number of rotatable bonds is 13. The first-order valence-corrected chi connectivity index (χ1v) is 8.24. The number of aliphatic carboxylic acids is 1. The van der Waals surface area contributed by atoms with Crippen LogP contribution in [0.2, 0.25) is 0 Å². The molecule has 2 nitrogen and oxygen atoms in total. The first-order chi connectivity index (χ1) is 10.8. The lowest BCUT2D eigenvalue weighted by Gasteiger charge is -1.89. The molecule has 0 unspecified atom stereocenters. The second-order valence-corrected chi connectivity index (χ2v) is 4.99. The lowest BCUT2D eigenvalue weighted by atomic mass is 10.2. The number of carbonyl (C=O) groups is 1. The highest BCUT2D eigenvalue weighted by Gasteiger charge is 1.92. The Morgan fingerprint density at radius 2 is 1.14 bits per heavy atom. The Morgan fingerprint density at radius 1 is 0.727 bits per heavy atom. The lowest BCUT2D eigenvalue weighted by molar-refractivity contribution is -0.137. The van der Waals surface area contributed by atoms with Crippen molar-refractivity contribution in [3.63, 3.8) is 0 Å². The van der Waals surface area contributed by atoms with Crippen molar-refractivity contribution in [2.75, 3.05) is 0 Å². The van der Waals surface area contributed by atoms with Gasteiger partial charge >= 0.3 is 5.97 Å². The normalized spacial score (nSPS) is 12.8. The van der Waals surface area contributed by atoms with Gasteiger partial charge in [0.05, 0.1) is 0 Å². The maximum atomic E-state index is 10.3. The molecule has 0 amide bonds. The van der Waals surface area contributed by atoms with Gasteiger partial charge in [-0.2, -0.15) is 0 Å². The van der Waals surface area contributed by atoms with Crippen LogP contribution in [0.5, 0.6) is 0 Å². The van der Waals surface area contributed by atoms with Crippen LogP contribution < -0.4 is 0 Å². The zero-order valence-electron chi connectivity index (χ0n) is 13.8. The summed E-state index contributed by atoms with van der Waals surface area (Å²) in [6.45, 7) is 2.14. The van der Waals surface area contributed by atoms with Crippen molar-refractivity contribution in [2.24, 2.45) is 0 Å². The van der Waals surface area contributed by atoms with E-state index in [1.807, 2.05) is 0 Å². The Balaban J connectivity index is 3.46. The van der Waals surface area contributed by atoms with Gasteiger partial charge in [0.1, 0.15) is 0 Å². The summed E-state index contributed by atoms with van der Waals surface area (Å²) in [5.41, 5.74) is 0. The summed E-state index contributed by atoms with van der Waals surface area (Å²) in [4.78, 5) is 10.3. The zero-order valence-corrected chi connectivity index (χ0v) is 13.8. The van der Waals surface area contributed by atoms with Crippen molar-refractivity contribution in [3.8, 4) is 0 Å². The van der Waals surface area contributed by atoms with E-state index in [0.717, 1.165) is 44.9 Å². The van der Waals surface area contributed by atoms with Crippen LogP contribution in [0.25, 0.3) is 0 Å². The van der Waals surface area contributed by atoms with Crippen LogP contribution in [-0.4, -0.2) is 11.1 Å². The van der Waals surface area contributed by atoms with E-state index < -0.39 is 5.97 Å². The molecule has 0 aliphatic carbocycles. The van der Waals surface area contributed by atoms with Crippen LogP contribution in [0, 0.1) is 0 Å². The molecule has 0 atom stereocenters. The molecule has 0 fully saturated rings. The third-order valence-electron chi connectivity index (χ3n) is 2.92. The van der Waals surface area contributed by atoms with Crippen LogP contribution in [0.3, 0.4) is 0 Å². The molecule has 0 radical (unpaired) electrons. The van der Waals surface area contributed by atoms with Gasteiger partial charge < -0.3 is 5.11 Å². The van der Waals surface area contributed by atoms with Gasteiger partial charge in [-0.15, -0.1) is 0 Å². The molecule has 0 rings (SSSR count). The van der Waals surface area contributed by atoms with E-state index in [9.17, 15) is 4.79 Å². The second-order valence-electron chi connectivity index (χ2n) is 4.99. The lowest BCUT2D eigenvalue weighted by Crippen LogP contribution is -1.92. The van der Waals surface area contributed by atoms with Crippen molar-refractivity contribution < 1.29 is 9.90 Å². The Hall–Kier alpha value is -1.83. The van der Waals surface area contributed by atoms with E-state index in [1.54, 1.807) is 0 Å². The predicted molar refractivity (Wildman–Crippen MR) is 95.9 cm³/mol. The Kier molecular flexibility index (Phi) is 15.8. The Bertz CT molecular complexity index is 398. The SMILES string of the molecule is CC/C=C/C/C=C\C/C=C/C/C=C/C/C=C/CCCC(=O)O. The Morgan fingerprint density at radius 3 is 1.55 bits per heavy atom. The quantitative estimate of drug-likeness (QED) is 0.335. The second kappa shape index (κ2) is 17.2. The number of hydrogen-bond acceptors (Lipinski definition) is 1. The molecule has 0 saturated heterocycles. The van der Waals surface area contributed by atoms with Crippen LogP contribution >= 0.6 is 0 Å². The molecule has 2 heteroatoms. The highest BCUT2D eigenvalue weighted by Crippen LogP contribution is 1.99. The molecule has 0 aliphatic heterocycles. The van der Waals surface area contributed by atoms with Crippen LogP contribution in [0.4, 0.5) is 0 Å². The minimum atomic E-state index is -0.715. The monoisotopic (exact) mass is 302 g/mol. The van der Waals surface area contributed by atoms with Crippen LogP contribution in [0.1, 0.15) is 58.3 Å². The predicted octanol–water partition coefficient (Wildman–Crippen LogP) is 5.99. The van der Waals surface area contributed by atoms with E-state index >= 15 is 0 Å². The molecule has 0 heterocycles. The molecule has 22 heavy (non-hydrogen) atoms. The van der Waals surface area contributed by atoms with Gasteiger partial charge in [-0.1, -0.05) is 67.7 Å². The fraction of sp³-hybridized carbons (Fsp3) is 0.450. The topological polar surface area (TPSA) is 37.3 Å². The van der Waals surface area contributed by atoms with Crippen molar-refractivity contribution in [1.82, 2.24) is 0 Å². The third-order valence-corrected chi connectivity index (χ3v) is 2.92. The molecular weight excluding hydrogens is 272 g/mol. The summed E-state index contributed by atoms with van der Waals surface area (Å²) < 4.78 is 0. The van der Waals surface area contributed by atoms with Crippen molar-refractivity contribution in [1.29, 1.82) is 0 Å². The first-order valence-electron chi connectivity index (χ1n) is 8.24. The van der Waals surface area contributed by atoms with E-state index in [0.29, 0.717) is 0 Å². The average molecular weight is 302 g/mol. The number of carboxylic acid groups (broad SMARTS) is 1. The van der Waals surface area contributed by atoms with Gasteiger partial charge in [0, 0.05) is 6.42 Å². The van der Waals surface area contributed by atoms with Crippen molar-refractivity contribution >= 4 is 5.97 Å². The van der Waals surface area contributed by atoms with Crippen LogP contribution in [0.15, 0.2) is 60.8 Å². The smallest absolute Gasteiger partial charge is 0.303 e. The van der Waals surface area contributed by atoms with E-state index in [4.69, 9.17) is 5.11 Å². The fourth-order valence-corrected chi connectivity index (χ4v) is 1.74. The third kappa shape index (κ3) is 18.2. The molecular formula is C20H30O2. The average Bonchev–Trinajstić information content (AvgIpc) is 2.50.